The van der Waals surface area contributed by atoms with Gasteiger partial charge < -0.3 is 20.3 Å². The van der Waals surface area contributed by atoms with Gasteiger partial charge in [-0.1, -0.05) is 68.3 Å². The van der Waals surface area contributed by atoms with Gasteiger partial charge in [-0.05, 0) is 58.9 Å². The van der Waals surface area contributed by atoms with Gasteiger partial charge in [0.05, 0.1) is 11.0 Å². The van der Waals surface area contributed by atoms with Gasteiger partial charge in [0.1, 0.15) is 6.10 Å². The van der Waals surface area contributed by atoms with E-state index >= 15 is 0 Å². The molecule has 0 bridgehead atoms. The molecule has 7 nitrogen and oxygen atoms in total. The molecule has 1 amide bonds. The maximum atomic E-state index is 12.4. The average Bonchev–Trinajstić information content (AvgIpc) is 3.37. The lowest BCUT2D eigenvalue weighted by Gasteiger charge is -2.24. The Morgan fingerprint density at radius 1 is 0.972 bits per heavy atom. The van der Waals surface area contributed by atoms with Gasteiger partial charge in [-0.15, -0.1) is 0 Å². The van der Waals surface area contributed by atoms with Gasteiger partial charge >= 0.3 is 18.0 Å². The first-order valence-electron chi connectivity index (χ1n) is 12.3. The van der Waals surface area contributed by atoms with Crippen LogP contribution in [-0.2, 0) is 16.0 Å². The molecule has 3 aromatic rings. The van der Waals surface area contributed by atoms with Crippen LogP contribution in [0.2, 0.25) is 0 Å². The molecule has 1 atom stereocenters. The molecule has 36 heavy (non-hydrogen) atoms. The zero-order chi connectivity index (χ0) is 25.7. The van der Waals surface area contributed by atoms with Gasteiger partial charge in [0.15, 0.2) is 0 Å². The summed E-state index contributed by atoms with van der Waals surface area (Å²) in [5.41, 5.74) is 1.89. The van der Waals surface area contributed by atoms with Crippen molar-refractivity contribution in [2.45, 2.75) is 51.6 Å². The summed E-state index contributed by atoms with van der Waals surface area (Å²) in [7, 11) is 0. The number of fused-ring (bicyclic) bond motifs is 1. The van der Waals surface area contributed by atoms with E-state index in [2.05, 4.69) is 5.32 Å². The Balaban J connectivity index is 1.43. The lowest BCUT2D eigenvalue weighted by atomic mass is 9.86. The molecule has 0 aliphatic heterocycles. The molecular weight excluding hydrogens is 458 g/mol. The molecule has 1 aliphatic rings. The molecule has 1 aliphatic carbocycles. The second kappa shape index (κ2) is 10.8. The van der Waals surface area contributed by atoms with E-state index in [-0.39, 0.29) is 18.2 Å². The van der Waals surface area contributed by atoms with Crippen molar-refractivity contribution in [2.75, 3.05) is 6.54 Å². The highest BCUT2D eigenvalue weighted by atomic mass is 16.6. The number of aromatic carboxylic acids is 1. The predicted molar refractivity (Wildman–Crippen MR) is 137 cm³/mol. The monoisotopic (exact) mass is 489 g/mol. The van der Waals surface area contributed by atoms with Crippen molar-refractivity contribution in [3.05, 3.63) is 71.8 Å². The summed E-state index contributed by atoms with van der Waals surface area (Å²) in [6.07, 6.45) is 3.09. The number of ether oxygens (including phenoxy) is 1. The summed E-state index contributed by atoms with van der Waals surface area (Å²) < 4.78 is 5.61. The highest BCUT2D eigenvalue weighted by molar-refractivity contribution is 5.98. The molecule has 0 heterocycles. The van der Waals surface area contributed by atoms with Crippen LogP contribution in [0.25, 0.3) is 21.9 Å². The summed E-state index contributed by atoms with van der Waals surface area (Å²) in [4.78, 5) is 35.7. The fourth-order valence-corrected chi connectivity index (χ4v) is 5.00. The second-order valence-corrected chi connectivity index (χ2v) is 9.53. The minimum absolute atomic E-state index is 0.0842. The highest BCUT2D eigenvalue weighted by Gasteiger charge is 2.41. The normalized spacial score (nSPS) is 15.4. The molecule has 188 valence electrons. The number of hydrogen-bond donors (Lipinski definition) is 3. The van der Waals surface area contributed by atoms with Crippen molar-refractivity contribution in [2.24, 2.45) is 5.41 Å². The summed E-state index contributed by atoms with van der Waals surface area (Å²) >= 11 is 0. The van der Waals surface area contributed by atoms with Gasteiger partial charge in [-0.2, -0.15) is 0 Å². The fourth-order valence-electron chi connectivity index (χ4n) is 5.00. The number of amides is 1. The van der Waals surface area contributed by atoms with Crippen molar-refractivity contribution >= 4 is 28.8 Å². The maximum Gasteiger partial charge on any atom is 0.407 e. The Morgan fingerprint density at radius 2 is 1.67 bits per heavy atom. The number of alkyl carbamates (subject to hydrolysis) is 1. The number of benzene rings is 3. The number of hydrogen-bond acceptors (Lipinski definition) is 4. The Labute approximate surface area is 210 Å². The molecule has 1 unspecified atom stereocenters. The van der Waals surface area contributed by atoms with E-state index in [0.717, 1.165) is 34.7 Å². The molecule has 0 aromatic heterocycles. The fraction of sp³-hybridized carbons (Fsp3) is 0.345. The van der Waals surface area contributed by atoms with E-state index in [4.69, 9.17) is 4.74 Å². The van der Waals surface area contributed by atoms with Crippen molar-refractivity contribution in [3.8, 4) is 11.1 Å². The Hall–Kier alpha value is -3.87. The standard InChI is InChI=1S/C29H31NO6/c1-2-23(36-28(35)30-18-29(27(33)34)13-5-6-14-29)16-19-9-10-21-17-22(12-11-20(21)15-19)24-7-3-4-8-25(24)26(31)32/h3-4,7-12,15,17,23H,2,5-6,13-14,16,18H2,1H3,(H,30,35)(H,31,32)(H,33,34). The quantitative estimate of drug-likeness (QED) is 0.345. The summed E-state index contributed by atoms with van der Waals surface area (Å²) in [6.45, 7) is 2.03. The van der Waals surface area contributed by atoms with E-state index in [1.165, 1.54) is 0 Å². The molecule has 1 fully saturated rings. The van der Waals surface area contributed by atoms with E-state index in [9.17, 15) is 24.6 Å². The molecular formula is C29H31NO6. The molecule has 7 heteroatoms. The first-order valence-corrected chi connectivity index (χ1v) is 12.3. The van der Waals surface area contributed by atoms with Gasteiger partial charge in [0.25, 0.3) is 0 Å². The largest absolute Gasteiger partial charge is 0.481 e. The van der Waals surface area contributed by atoms with Crippen LogP contribution < -0.4 is 5.32 Å². The smallest absolute Gasteiger partial charge is 0.407 e. The zero-order valence-corrected chi connectivity index (χ0v) is 20.3. The number of nitrogens with one attached hydrogen (secondary N) is 1. The lowest BCUT2D eigenvalue weighted by Crippen LogP contribution is -2.42. The summed E-state index contributed by atoms with van der Waals surface area (Å²) in [5, 5.41) is 23.8. The van der Waals surface area contributed by atoms with Crippen LogP contribution >= 0.6 is 0 Å². The van der Waals surface area contributed by atoms with E-state index in [1.54, 1.807) is 18.2 Å². The third kappa shape index (κ3) is 5.51. The van der Waals surface area contributed by atoms with Crippen LogP contribution in [0.3, 0.4) is 0 Å². The van der Waals surface area contributed by atoms with Crippen LogP contribution in [0, 0.1) is 5.41 Å². The van der Waals surface area contributed by atoms with Crippen LogP contribution in [-0.4, -0.2) is 40.9 Å². The maximum absolute atomic E-state index is 12.4. The number of carboxylic acid groups (broad SMARTS) is 2. The first kappa shape index (κ1) is 25.2. The minimum Gasteiger partial charge on any atom is -0.481 e. The second-order valence-electron chi connectivity index (χ2n) is 9.53. The number of rotatable bonds is 9. The molecule has 3 aromatic carbocycles. The molecule has 0 radical (unpaired) electrons. The third-order valence-electron chi connectivity index (χ3n) is 7.15. The molecule has 3 N–H and O–H groups in total. The Kier molecular flexibility index (Phi) is 7.58. The molecule has 0 spiro atoms. The van der Waals surface area contributed by atoms with Crippen molar-refractivity contribution in [1.82, 2.24) is 5.32 Å². The summed E-state index contributed by atoms with van der Waals surface area (Å²) in [5.74, 6) is -1.82. The van der Waals surface area contributed by atoms with Gasteiger partial charge in [-0.25, -0.2) is 9.59 Å². The van der Waals surface area contributed by atoms with Crippen molar-refractivity contribution in [3.63, 3.8) is 0 Å². The van der Waals surface area contributed by atoms with E-state index in [0.29, 0.717) is 31.2 Å². The Bertz CT molecular complexity index is 1280. The van der Waals surface area contributed by atoms with Crippen LogP contribution in [0.1, 0.15) is 54.9 Å². The number of aliphatic carboxylic acids is 1. The number of carbonyl (C=O) groups excluding carboxylic acids is 1. The molecule has 4 rings (SSSR count). The molecule has 1 saturated carbocycles. The van der Waals surface area contributed by atoms with E-state index < -0.39 is 23.4 Å². The number of carbonyl (C=O) groups is 3. The first-order chi connectivity index (χ1) is 17.3. The van der Waals surface area contributed by atoms with Crippen LogP contribution in [0.15, 0.2) is 60.7 Å². The van der Waals surface area contributed by atoms with E-state index in [1.807, 2.05) is 49.4 Å². The Morgan fingerprint density at radius 3 is 2.36 bits per heavy atom. The third-order valence-corrected chi connectivity index (χ3v) is 7.15. The van der Waals surface area contributed by atoms with Crippen molar-refractivity contribution < 1.29 is 29.3 Å². The lowest BCUT2D eigenvalue weighted by molar-refractivity contribution is -0.148. The van der Waals surface area contributed by atoms with Crippen LogP contribution in [0.5, 0.6) is 0 Å². The average molecular weight is 490 g/mol. The number of carboxylic acids is 2. The van der Waals surface area contributed by atoms with Gasteiger partial charge in [0.2, 0.25) is 0 Å². The SMILES string of the molecule is CCC(Cc1ccc2cc(-c3ccccc3C(=O)O)ccc2c1)OC(=O)NCC1(C(=O)O)CCCC1. The predicted octanol–water partition coefficient (Wildman–Crippen LogP) is 5.90. The minimum atomic E-state index is -0.961. The molecule has 0 saturated heterocycles. The van der Waals surface area contributed by atoms with Gasteiger partial charge in [-0.3, -0.25) is 4.79 Å². The van der Waals surface area contributed by atoms with Gasteiger partial charge in [0, 0.05) is 13.0 Å². The zero-order valence-electron chi connectivity index (χ0n) is 20.3. The summed E-state index contributed by atoms with van der Waals surface area (Å²) in [6, 6.07) is 18.8. The van der Waals surface area contributed by atoms with Crippen LogP contribution in [0.4, 0.5) is 4.79 Å². The van der Waals surface area contributed by atoms with Crippen molar-refractivity contribution in [1.29, 1.82) is 0 Å². The topological polar surface area (TPSA) is 113 Å². The highest BCUT2D eigenvalue weighted by Crippen LogP contribution is 2.37.